The Balaban J connectivity index is 1.39. The molecule has 0 spiro atoms. The lowest BCUT2D eigenvalue weighted by molar-refractivity contribution is 0.0868. The zero-order chi connectivity index (χ0) is 24.9. The Bertz CT molecular complexity index is 1370. The van der Waals surface area contributed by atoms with Gasteiger partial charge < -0.3 is 19.9 Å². The third-order valence-electron chi connectivity index (χ3n) is 6.10. The lowest BCUT2D eigenvalue weighted by Gasteiger charge is -2.34. The monoisotopic (exact) mass is 481 g/mol. The average molecular weight is 482 g/mol. The molecular formula is C28H27N5O3. The number of hydrogen-bond acceptors (Lipinski definition) is 5. The predicted molar refractivity (Wildman–Crippen MR) is 140 cm³/mol. The lowest BCUT2D eigenvalue weighted by Crippen LogP contribution is -2.51. The van der Waals surface area contributed by atoms with Gasteiger partial charge in [0.1, 0.15) is 0 Å². The highest BCUT2D eigenvalue weighted by Crippen LogP contribution is 2.31. The number of piperazine rings is 1. The van der Waals surface area contributed by atoms with Gasteiger partial charge in [-0.1, -0.05) is 60.7 Å². The van der Waals surface area contributed by atoms with Crippen LogP contribution < -0.4 is 5.32 Å². The molecule has 0 aliphatic carbocycles. The van der Waals surface area contributed by atoms with Crippen LogP contribution in [0.3, 0.4) is 0 Å². The minimum Gasteiger partial charge on any atom is -0.450 e. The van der Waals surface area contributed by atoms with Crippen molar-refractivity contribution in [1.82, 2.24) is 19.8 Å². The van der Waals surface area contributed by atoms with Gasteiger partial charge in [-0.05, 0) is 25.1 Å². The van der Waals surface area contributed by atoms with Gasteiger partial charge in [-0.25, -0.2) is 19.6 Å². The number of amides is 3. The van der Waals surface area contributed by atoms with Gasteiger partial charge in [0.25, 0.3) is 0 Å². The predicted octanol–water partition coefficient (Wildman–Crippen LogP) is 5.27. The first-order valence-corrected chi connectivity index (χ1v) is 12.0. The summed E-state index contributed by atoms with van der Waals surface area (Å²) in [7, 11) is 0. The molecule has 0 bridgehead atoms. The number of nitrogens with zero attached hydrogens (tertiary/aromatic N) is 4. The van der Waals surface area contributed by atoms with E-state index in [4.69, 9.17) is 14.7 Å². The number of fused-ring (bicyclic) bond motifs is 1. The number of aromatic nitrogens is 2. The van der Waals surface area contributed by atoms with Crippen LogP contribution in [0.2, 0.25) is 0 Å². The van der Waals surface area contributed by atoms with Gasteiger partial charge in [0.15, 0.2) is 0 Å². The van der Waals surface area contributed by atoms with E-state index in [1.54, 1.807) is 16.7 Å². The molecule has 2 heterocycles. The number of nitrogens with one attached hydrogen (secondary N) is 1. The molecule has 0 saturated carbocycles. The van der Waals surface area contributed by atoms with Crippen LogP contribution in [-0.4, -0.2) is 64.7 Å². The molecule has 36 heavy (non-hydrogen) atoms. The van der Waals surface area contributed by atoms with E-state index >= 15 is 0 Å². The average Bonchev–Trinajstić information content (AvgIpc) is 2.93. The van der Waals surface area contributed by atoms with E-state index < -0.39 is 0 Å². The Morgan fingerprint density at radius 2 is 1.33 bits per heavy atom. The normalized spacial score (nSPS) is 13.5. The molecule has 1 saturated heterocycles. The van der Waals surface area contributed by atoms with Crippen molar-refractivity contribution in [2.45, 2.75) is 6.92 Å². The van der Waals surface area contributed by atoms with Crippen LogP contribution in [0, 0.1) is 0 Å². The Morgan fingerprint density at radius 1 is 0.778 bits per heavy atom. The first-order valence-electron chi connectivity index (χ1n) is 12.0. The topological polar surface area (TPSA) is 87.7 Å². The summed E-state index contributed by atoms with van der Waals surface area (Å²) in [6.45, 7) is 3.88. The second kappa shape index (κ2) is 10.4. The van der Waals surface area contributed by atoms with E-state index in [-0.39, 0.29) is 12.1 Å². The van der Waals surface area contributed by atoms with Crippen LogP contribution in [0.5, 0.6) is 0 Å². The number of ether oxygens (including phenoxy) is 1. The van der Waals surface area contributed by atoms with Crippen molar-refractivity contribution >= 4 is 28.8 Å². The lowest BCUT2D eigenvalue weighted by atomic mass is 10.0. The molecule has 0 atom stereocenters. The minimum atomic E-state index is -0.338. The standard InChI is InChI=1S/C28H27N5O3/c1-2-36-28(35)33-17-15-32(16-18-33)27(34)29-22-13-14-23-24(19-22)31-26(21-11-7-4-8-12-21)25(30-23)20-9-5-3-6-10-20/h3-14,19H,2,15-18H2,1H3,(H,29,34). The summed E-state index contributed by atoms with van der Waals surface area (Å²) in [6, 6.07) is 25.3. The highest BCUT2D eigenvalue weighted by Gasteiger charge is 2.25. The number of anilines is 1. The van der Waals surface area contributed by atoms with Crippen molar-refractivity contribution in [3.05, 3.63) is 78.9 Å². The van der Waals surface area contributed by atoms with Gasteiger partial charge in [-0.15, -0.1) is 0 Å². The van der Waals surface area contributed by atoms with Crippen molar-refractivity contribution < 1.29 is 14.3 Å². The van der Waals surface area contributed by atoms with Crippen LogP contribution in [0.4, 0.5) is 15.3 Å². The number of carbonyl (C=O) groups excluding carboxylic acids is 2. The van der Waals surface area contributed by atoms with Crippen molar-refractivity contribution in [1.29, 1.82) is 0 Å². The van der Waals surface area contributed by atoms with E-state index in [1.807, 2.05) is 78.9 Å². The molecule has 182 valence electrons. The van der Waals surface area contributed by atoms with Gasteiger partial charge in [0.05, 0.1) is 29.0 Å². The van der Waals surface area contributed by atoms with Gasteiger partial charge in [0.2, 0.25) is 0 Å². The molecule has 1 aromatic heterocycles. The number of urea groups is 1. The van der Waals surface area contributed by atoms with Crippen LogP contribution in [0.15, 0.2) is 78.9 Å². The molecule has 4 aromatic rings. The number of rotatable bonds is 4. The first-order chi connectivity index (χ1) is 17.6. The van der Waals surface area contributed by atoms with Crippen molar-refractivity contribution in [2.75, 3.05) is 38.1 Å². The molecule has 0 radical (unpaired) electrons. The van der Waals surface area contributed by atoms with E-state index in [0.717, 1.165) is 28.0 Å². The van der Waals surface area contributed by atoms with E-state index in [2.05, 4.69) is 5.32 Å². The third-order valence-corrected chi connectivity index (χ3v) is 6.10. The van der Waals surface area contributed by atoms with Crippen LogP contribution in [0.25, 0.3) is 33.5 Å². The van der Waals surface area contributed by atoms with Crippen LogP contribution in [-0.2, 0) is 4.74 Å². The fourth-order valence-corrected chi connectivity index (χ4v) is 4.24. The fourth-order valence-electron chi connectivity index (χ4n) is 4.24. The second-order valence-corrected chi connectivity index (χ2v) is 8.46. The molecule has 5 rings (SSSR count). The molecule has 1 N–H and O–H groups in total. The van der Waals surface area contributed by atoms with Crippen molar-refractivity contribution in [3.63, 3.8) is 0 Å². The van der Waals surface area contributed by atoms with Crippen LogP contribution in [0.1, 0.15) is 6.92 Å². The maximum atomic E-state index is 12.9. The summed E-state index contributed by atoms with van der Waals surface area (Å²) in [4.78, 5) is 38.0. The van der Waals surface area contributed by atoms with E-state index in [9.17, 15) is 9.59 Å². The summed E-state index contributed by atoms with van der Waals surface area (Å²) in [5.41, 5.74) is 5.64. The molecule has 3 aromatic carbocycles. The van der Waals surface area contributed by atoms with Gasteiger partial charge in [0, 0.05) is 43.0 Å². The smallest absolute Gasteiger partial charge is 0.409 e. The summed E-state index contributed by atoms with van der Waals surface area (Å²) in [6.07, 6.45) is -0.338. The quantitative estimate of drug-likeness (QED) is 0.429. The molecule has 1 aliphatic heterocycles. The Kier molecular flexibility index (Phi) is 6.75. The van der Waals surface area contributed by atoms with Gasteiger partial charge in [-0.3, -0.25) is 0 Å². The third kappa shape index (κ3) is 4.98. The largest absolute Gasteiger partial charge is 0.450 e. The van der Waals surface area contributed by atoms with Gasteiger partial charge >= 0.3 is 12.1 Å². The molecule has 8 heteroatoms. The molecular weight excluding hydrogens is 454 g/mol. The second-order valence-electron chi connectivity index (χ2n) is 8.46. The SMILES string of the molecule is CCOC(=O)N1CCN(C(=O)Nc2ccc3nc(-c4ccccc4)c(-c4ccccc4)nc3c2)CC1. The molecule has 8 nitrogen and oxygen atoms in total. The zero-order valence-electron chi connectivity index (χ0n) is 20.1. The Labute approximate surface area is 209 Å². The van der Waals surface area contributed by atoms with Crippen molar-refractivity contribution in [3.8, 4) is 22.5 Å². The Hall–Kier alpha value is -4.46. The maximum absolute atomic E-state index is 12.9. The molecule has 3 amide bonds. The number of benzene rings is 3. The first kappa shape index (κ1) is 23.3. The summed E-state index contributed by atoms with van der Waals surface area (Å²) < 4.78 is 5.05. The fraction of sp³-hybridized carbons (Fsp3) is 0.214. The highest BCUT2D eigenvalue weighted by molar-refractivity contribution is 5.93. The van der Waals surface area contributed by atoms with Crippen LogP contribution >= 0.6 is 0 Å². The molecule has 0 unspecified atom stereocenters. The summed E-state index contributed by atoms with van der Waals surface area (Å²) in [5.74, 6) is 0. The summed E-state index contributed by atoms with van der Waals surface area (Å²) >= 11 is 0. The highest BCUT2D eigenvalue weighted by atomic mass is 16.6. The maximum Gasteiger partial charge on any atom is 0.409 e. The van der Waals surface area contributed by atoms with Gasteiger partial charge in [-0.2, -0.15) is 0 Å². The van der Waals surface area contributed by atoms with E-state index in [0.29, 0.717) is 44.0 Å². The van der Waals surface area contributed by atoms with Crippen molar-refractivity contribution in [2.24, 2.45) is 0 Å². The molecule has 1 fully saturated rings. The zero-order valence-corrected chi connectivity index (χ0v) is 20.1. The van der Waals surface area contributed by atoms with E-state index in [1.165, 1.54) is 0 Å². The number of hydrogen-bond donors (Lipinski definition) is 1. The summed E-state index contributed by atoms with van der Waals surface area (Å²) in [5, 5.41) is 2.96. The molecule has 1 aliphatic rings. The number of carbonyl (C=O) groups is 2. The minimum absolute atomic E-state index is 0.213. The Morgan fingerprint density at radius 3 is 1.92 bits per heavy atom.